The highest BCUT2D eigenvalue weighted by atomic mass is 16.5. The quantitative estimate of drug-likeness (QED) is 0.603. The van der Waals surface area contributed by atoms with Gasteiger partial charge in [0.1, 0.15) is 0 Å². The molecule has 0 bridgehead atoms. The molecule has 3 atom stereocenters. The molecule has 2 aliphatic carbocycles. The molecule has 0 aromatic rings. The number of methoxy groups -OCH3 is 1. The zero-order valence-corrected chi connectivity index (χ0v) is 9.00. The molecule has 0 spiro atoms. The molecule has 2 nitrogen and oxygen atoms in total. The van der Waals surface area contributed by atoms with Gasteiger partial charge in [-0.05, 0) is 31.1 Å². The zero-order chi connectivity index (χ0) is 9.97. The minimum atomic E-state index is 0.0222. The van der Waals surface area contributed by atoms with E-state index in [4.69, 9.17) is 4.74 Å². The van der Waals surface area contributed by atoms with E-state index in [9.17, 15) is 4.79 Å². The average Bonchev–Trinajstić information content (AvgIpc) is 2.27. The molecule has 0 aromatic carbocycles. The van der Waals surface area contributed by atoms with E-state index < -0.39 is 0 Å². The van der Waals surface area contributed by atoms with E-state index in [1.165, 1.54) is 39.2 Å². The largest absolute Gasteiger partial charge is 0.469 e. The predicted octanol–water partition coefficient (Wildman–Crippen LogP) is 2.77. The Kier molecular flexibility index (Phi) is 3.09. The molecule has 2 heteroatoms. The van der Waals surface area contributed by atoms with Crippen molar-refractivity contribution in [2.75, 3.05) is 7.11 Å². The molecule has 2 aliphatic rings. The van der Waals surface area contributed by atoms with Gasteiger partial charge < -0.3 is 4.74 Å². The van der Waals surface area contributed by atoms with Crippen molar-refractivity contribution in [3.8, 4) is 0 Å². The lowest BCUT2D eigenvalue weighted by Crippen LogP contribution is -2.31. The number of fused-ring (bicyclic) bond motifs is 1. The van der Waals surface area contributed by atoms with Gasteiger partial charge in [-0.15, -0.1) is 0 Å². The fourth-order valence-corrected chi connectivity index (χ4v) is 3.25. The molecule has 2 rings (SSSR count). The van der Waals surface area contributed by atoms with Gasteiger partial charge in [0.2, 0.25) is 0 Å². The Bertz CT molecular complexity index is 212. The maximum atomic E-state index is 11.4. The Hall–Kier alpha value is -0.530. The van der Waals surface area contributed by atoms with Gasteiger partial charge in [0.15, 0.2) is 0 Å². The van der Waals surface area contributed by atoms with Crippen molar-refractivity contribution >= 4 is 5.97 Å². The lowest BCUT2D eigenvalue weighted by molar-refractivity contribution is -0.147. The van der Waals surface area contributed by atoms with E-state index in [0.29, 0.717) is 0 Å². The van der Waals surface area contributed by atoms with Crippen LogP contribution in [0.15, 0.2) is 0 Å². The molecule has 14 heavy (non-hydrogen) atoms. The molecule has 0 aliphatic heterocycles. The van der Waals surface area contributed by atoms with Crippen LogP contribution in [0.3, 0.4) is 0 Å². The standard InChI is InChI=1S/C12H20O2/c1-14-12(13)11-7-6-9-4-2-3-5-10(9)8-11/h9-11H,2-8H2,1H3/t9-,10-,11+/m1/s1. The monoisotopic (exact) mass is 196 g/mol. The van der Waals surface area contributed by atoms with Crippen LogP contribution in [0.1, 0.15) is 44.9 Å². The first-order valence-electron chi connectivity index (χ1n) is 5.89. The minimum Gasteiger partial charge on any atom is -0.469 e. The lowest BCUT2D eigenvalue weighted by Gasteiger charge is -2.38. The van der Waals surface area contributed by atoms with Gasteiger partial charge in [-0.25, -0.2) is 0 Å². The second-order valence-electron chi connectivity index (χ2n) is 4.84. The van der Waals surface area contributed by atoms with Crippen molar-refractivity contribution in [1.29, 1.82) is 0 Å². The molecule has 2 fully saturated rings. The van der Waals surface area contributed by atoms with Gasteiger partial charge in [0, 0.05) is 0 Å². The van der Waals surface area contributed by atoms with Gasteiger partial charge in [0.05, 0.1) is 13.0 Å². The van der Waals surface area contributed by atoms with Gasteiger partial charge in [-0.1, -0.05) is 25.7 Å². The Labute approximate surface area is 86.0 Å². The summed E-state index contributed by atoms with van der Waals surface area (Å²) < 4.78 is 4.83. The first-order chi connectivity index (χ1) is 6.81. The molecule has 0 saturated heterocycles. The molecular weight excluding hydrogens is 176 g/mol. The van der Waals surface area contributed by atoms with Gasteiger partial charge in [-0.2, -0.15) is 0 Å². The predicted molar refractivity (Wildman–Crippen MR) is 54.8 cm³/mol. The van der Waals surface area contributed by atoms with Crippen molar-refractivity contribution < 1.29 is 9.53 Å². The zero-order valence-electron chi connectivity index (χ0n) is 9.00. The summed E-state index contributed by atoms with van der Waals surface area (Å²) in [6.45, 7) is 0. The second-order valence-corrected chi connectivity index (χ2v) is 4.84. The fourth-order valence-electron chi connectivity index (χ4n) is 3.25. The summed E-state index contributed by atoms with van der Waals surface area (Å²) in [5, 5.41) is 0. The van der Waals surface area contributed by atoms with E-state index in [0.717, 1.165) is 24.7 Å². The van der Waals surface area contributed by atoms with Gasteiger partial charge in [-0.3, -0.25) is 4.79 Å². The molecule has 80 valence electrons. The number of carbonyl (C=O) groups is 1. The third-order valence-corrected chi connectivity index (χ3v) is 4.07. The van der Waals surface area contributed by atoms with E-state index in [1.807, 2.05) is 0 Å². The van der Waals surface area contributed by atoms with Gasteiger partial charge in [0.25, 0.3) is 0 Å². The lowest BCUT2D eigenvalue weighted by atomic mass is 9.67. The van der Waals surface area contributed by atoms with E-state index in [-0.39, 0.29) is 11.9 Å². The van der Waals surface area contributed by atoms with Crippen LogP contribution in [0.25, 0.3) is 0 Å². The summed E-state index contributed by atoms with van der Waals surface area (Å²) in [7, 11) is 1.51. The van der Waals surface area contributed by atoms with Crippen LogP contribution in [0.2, 0.25) is 0 Å². The summed E-state index contributed by atoms with van der Waals surface area (Å²) in [4.78, 5) is 11.4. The summed E-state index contributed by atoms with van der Waals surface area (Å²) in [5.74, 6) is 1.97. The number of hydrogen-bond acceptors (Lipinski definition) is 2. The van der Waals surface area contributed by atoms with E-state index in [1.54, 1.807) is 0 Å². The average molecular weight is 196 g/mol. The van der Waals surface area contributed by atoms with Crippen molar-refractivity contribution in [2.24, 2.45) is 17.8 Å². The highest BCUT2D eigenvalue weighted by Gasteiger charge is 2.35. The third-order valence-electron chi connectivity index (χ3n) is 4.07. The highest BCUT2D eigenvalue weighted by Crippen LogP contribution is 2.42. The minimum absolute atomic E-state index is 0.0222. The normalized spacial score (nSPS) is 37.4. The third kappa shape index (κ3) is 1.94. The number of rotatable bonds is 1. The molecule has 2 saturated carbocycles. The molecule has 0 N–H and O–H groups in total. The maximum Gasteiger partial charge on any atom is 0.308 e. The Morgan fingerprint density at radius 3 is 2.50 bits per heavy atom. The molecule has 0 aromatic heterocycles. The Balaban J connectivity index is 1.92. The topological polar surface area (TPSA) is 26.3 Å². The summed E-state index contributed by atoms with van der Waals surface area (Å²) in [6, 6.07) is 0. The number of esters is 1. The number of hydrogen-bond donors (Lipinski definition) is 0. The maximum absolute atomic E-state index is 11.4. The smallest absolute Gasteiger partial charge is 0.308 e. The van der Waals surface area contributed by atoms with Crippen LogP contribution in [-0.4, -0.2) is 13.1 Å². The van der Waals surface area contributed by atoms with Crippen LogP contribution in [0, 0.1) is 17.8 Å². The molecule has 0 heterocycles. The van der Waals surface area contributed by atoms with Crippen molar-refractivity contribution in [3.05, 3.63) is 0 Å². The van der Waals surface area contributed by atoms with Crippen LogP contribution in [0.4, 0.5) is 0 Å². The van der Waals surface area contributed by atoms with Crippen molar-refractivity contribution in [1.82, 2.24) is 0 Å². The SMILES string of the molecule is COC(=O)[C@H]1CC[C@H]2CCCC[C@@H]2C1. The van der Waals surface area contributed by atoms with Crippen LogP contribution >= 0.6 is 0 Å². The first-order valence-corrected chi connectivity index (χ1v) is 5.89. The Morgan fingerprint density at radius 2 is 1.79 bits per heavy atom. The summed E-state index contributed by atoms with van der Waals surface area (Å²) in [5.41, 5.74) is 0. The summed E-state index contributed by atoms with van der Waals surface area (Å²) in [6.07, 6.45) is 8.94. The van der Waals surface area contributed by atoms with Crippen LogP contribution in [0.5, 0.6) is 0 Å². The van der Waals surface area contributed by atoms with Crippen LogP contribution in [-0.2, 0) is 9.53 Å². The van der Waals surface area contributed by atoms with Crippen molar-refractivity contribution in [2.45, 2.75) is 44.9 Å². The van der Waals surface area contributed by atoms with Crippen molar-refractivity contribution in [3.63, 3.8) is 0 Å². The van der Waals surface area contributed by atoms with E-state index in [2.05, 4.69) is 0 Å². The van der Waals surface area contributed by atoms with E-state index >= 15 is 0 Å². The fraction of sp³-hybridized carbons (Fsp3) is 0.917. The first kappa shape index (κ1) is 10.0. The second kappa shape index (κ2) is 4.33. The van der Waals surface area contributed by atoms with Crippen LogP contribution < -0.4 is 0 Å². The molecular formula is C12H20O2. The van der Waals surface area contributed by atoms with Gasteiger partial charge >= 0.3 is 5.97 Å². The summed E-state index contributed by atoms with van der Waals surface area (Å²) >= 11 is 0. The Morgan fingerprint density at radius 1 is 1.07 bits per heavy atom. The highest BCUT2D eigenvalue weighted by molar-refractivity contribution is 5.72. The number of carbonyl (C=O) groups excluding carboxylic acids is 1. The number of ether oxygens (including phenoxy) is 1. The molecule has 0 unspecified atom stereocenters. The molecule has 0 amide bonds. The molecule has 0 radical (unpaired) electrons.